The molecule has 0 aromatic carbocycles. The lowest BCUT2D eigenvalue weighted by Gasteiger charge is -1.93. The average Bonchev–Trinajstić information content (AvgIpc) is 2.30. The van der Waals surface area contributed by atoms with Gasteiger partial charge in [0, 0.05) is 0 Å². The lowest BCUT2D eigenvalue weighted by atomic mass is 10.3. The molecule has 5 nitrogen and oxygen atoms in total. The average molecular weight is 196 g/mol. The number of aromatic nitrogens is 2. The van der Waals surface area contributed by atoms with E-state index in [0.717, 1.165) is 0 Å². The summed E-state index contributed by atoms with van der Waals surface area (Å²) >= 11 is 10.9. The number of nitrogens with zero attached hydrogens (tertiary/aromatic N) is 1. The first kappa shape index (κ1) is 8.32. The third-order valence-electron chi connectivity index (χ3n) is 1.01. The van der Waals surface area contributed by atoms with Gasteiger partial charge in [0.1, 0.15) is 10.7 Å². The minimum absolute atomic E-state index is 0.0125. The van der Waals surface area contributed by atoms with E-state index in [1.807, 2.05) is 0 Å². The van der Waals surface area contributed by atoms with Crippen molar-refractivity contribution in [2.24, 2.45) is 0 Å². The predicted molar refractivity (Wildman–Crippen MR) is 37.9 cm³/mol. The number of hydroxylamine groups is 1. The Balaban J connectivity index is 3.10. The normalized spacial score (nSPS) is 9.73. The summed E-state index contributed by atoms with van der Waals surface area (Å²) < 4.78 is 0. The van der Waals surface area contributed by atoms with Crippen molar-refractivity contribution in [1.29, 1.82) is 0 Å². The highest BCUT2D eigenvalue weighted by Gasteiger charge is 2.16. The molecule has 0 saturated heterocycles. The maximum Gasteiger partial charge on any atom is 0.280 e. The number of aromatic amines is 1. The van der Waals surface area contributed by atoms with Gasteiger partial charge in [-0.2, -0.15) is 5.10 Å². The fourth-order valence-electron chi connectivity index (χ4n) is 0.550. The monoisotopic (exact) mass is 195 g/mol. The zero-order chi connectivity index (χ0) is 8.43. The smallest absolute Gasteiger partial charge is 0.280 e. The van der Waals surface area contributed by atoms with Crippen molar-refractivity contribution in [3.63, 3.8) is 0 Å². The number of H-pyrrole nitrogens is 1. The van der Waals surface area contributed by atoms with Crippen molar-refractivity contribution in [2.45, 2.75) is 0 Å². The van der Waals surface area contributed by atoms with Crippen molar-refractivity contribution in [2.75, 3.05) is 0 Å². The molecule has 11 heavy (non-hydrogen) atoms. The van der Waals surface area contributed by atoms with Crippen LogP contribution in [-0.2, 0) is 0 Å². The summed E-state index contributed by atoms with van der Waals surface area (Å²) in [5.74, 6) is -0.797. The van der Waals surface area contributed by atoms with Crippen LogP contribution in [0.4, 0.5) is 0 Å². The molecule has 0 aliphatic rings. The lowest BCUT2D eigenvalue weighted by molar-refractivity contribution is 0.0706. The van der Waals surface area contributed by atoms with Gasteiger partial charge in [0.2, 0.25) is 0 Å². The van der Waals surface area contributed by atoms with Gasteiger partial charge in [-0.05, 0) is 0 Å². The van der Waals surface area contributed by atoms with Crippen LogP contribution < -0.4 is 5.48 Å². The van der Waals surface area contributed by atoms with Crippen LogP contribution in [0.3, 0.4) is 0 Å². The summed E-state index contributed by atoms with van der Waals surface area (Å²) in [6.45, 7) is 0. The van der Waals surface area contributed by atoms with Crippen LogP contribution >= 0.6 is 23.2 Å². The van der Waals surface area contributed by atoms with Crippen molar-refractivity contribution in [1.82, 2.24) is 15.7 Å². The Hall–Kier alpha value is -0.780. The number of hydrogen-bond donors (Lipinski definition) is 3. The molecule has 0 atom stereocenters. The third-order valence-corrected chi connectivity index (χ3v) is 1.55. The first-order chi connectivity index (χ1) is 5.16. The van der Waals surface area contributed by atoms with Gasteiger partial charge < -0.3 is 0 Å². The fourth-order valence-corrected chi connectivity index (χ4v) is 1.04. The first-order valence-electron chi connectivity index (χ1n) is 2.50. The summed E-state index contributed by atoms with van der Waals surface area (Å²) in [6, 6.07) is 0. The minimum Gasteiger partial charge on any atom is -0.288 e. The quantitative estimate of drug-likeness (QED) is 0.459. The summed E-state index contributed by atoms with van der Waals surface area (Å²) in [5, 5.41) is 13.8. The van der Waals surface area contributed by atoms with Crippen molar-refractivity contribution in [3.05, 3.63) is 15.9 Å². The van der Waals surface area contributed by atoms with Crippen molar-refractivity contribution >= 4 is 29.1 Å². The van der Waals surface area contributed by atoms with E-state index in [9.17, 15) is 4.79 Å². The van der Waals surface area contributed by atoms with Crippen LogP contribution in [0.1, 0.15) is 10.4 Å². The van der Waals surface area contributed by atoms with E-state index in [2.05, 4.69) is 10.2 Å². The van der Waals surface area contributed by atoms with Gasteiger partial charge in [-0.15, -0.1) is 0 Å². The molecule has 60 valence electrons. The van der Waals surface area contributed by atoms with Crippen molar-refractivity contribution in [3.8, 4) is 0 Å². The highest BCUT2D eigenvalue weighted by atomic mass is 35.5. The van der Waals surface area contributed by atoms with Gasteiger partial charge in [0.25, 0.3) is 5.91 Å². The Labute approximate surface area is 71.3 Å². The van der Waals surface area contributed by atoms with Gasteiger partial charge in [-0.1, -0.05) is 23.2 Å². The van der Waals surface area contributed by atoms with Crippen LogP contribution in [0.5, 0.6) is 0 Å². The number of hydrogen-bond acceptors (Lipinski definition) is 3. The van der Waals surface area contributed by atoms with E-state index in [4.69, 9.17) is 28.4 Å². The van der Waals surface area contributed by atoms with Crippen LogP contribution in [0.15, 0.2) is 0 Å². The largest absolute Gasteiger partial charge is 0.288 e. The van der Waals surface area contributed by atoms with E-state index in [1.54, 1.807) is 0 Å². The molecule has 1 aromatic rings. The highest BCUT2D eigenvalue weighted by molar-refractivity contribution is 6.38. The zero-order valence-electron chi connectivity index (χ0n) is 5.06. The van der Waals surface area contributed by atoms with E-state index in [-0.39, 0.29) is 15.9 Å². The predicted octanol–water partition coefficient (Wildman–Crippen LogP) is 0.836. The fraction of sp³-hybridized carbons (Fsp3) is 0. The molecule has 1 aromatic heterocycles. The molecule has 0 bridgehead atoms. The van der Waals surface area contributed by atoms with Gasteiger partial charge in [0.05, 0.1) is 0 Å². The molecule has 0 fully saturated rings. The Morgan fingerprint density at radius 3 is 2.64 bits per heavy atom. The Morgan fingerprint density at radius 2 is 2.27 bits per heavy atom. The highest BCUT2D eigenvalue weighted by Crippen LogP contribution is 2.19. The second kappa shape index (κ2) is 3.08. The van der Waals surface area contributed by atoms with Gasteiger partial charge >= 0.3 is 0 Å². The lowest BCUT2D eigenvalue weighted by Crippen LogP contribution is -2.18. The van der Waals surface area contributed by atoms with Crippen LogP contribution in [0, 0.1) is 0 Å². The summed E-state index contributed by atoms with van der Waals surface area (Å²) in [7, 11) is 0. The van der Waals surface area contributed by atoms with E-state index >= 15 is 0 Å². The number of rotatable bonds is 1. The Bertz CT molecular complexity index is 265. The second-order valence-electron chi connectivity index (χ2n) is 1.64. The molecule has 3 N–H and O–H groups in total. The zero-order valence-corrected chi connectivity index (χ0v) is 6.57. The van der Waals surface area contributed by atoms with Crippen LogP contribution in [-0.4, -0.2) is 21.3 Å². The van der Waals surface area contributed by atoms with Gasteiger partial charge in [-0.25, -0.2) is 5.48 Å². The topological polar surface area (TPSA) is 78.0 Å². The third kappa shape index (κ3) is 1.45. The Kier molecular flexibility index (Phi) is 2.33. The molecule has 0 aliphatic carbocycles. The molecule has 7 heteroatoms. The standard InChI is InChI=1S/C4H3Cl2N3O2/c5-2-1(4(10)9-11)3(6)8-7-2/h11H,(H,7,8)(H,9,10). The maximum atomic E-state index is 10.7. The van der Waals surface area contributed by atoms with Gasteiger partial charge in [-0.3, -0.25) is 15.1 Å². The maximum absolute atomic E-state index is 10.7. The Morgan fingerprint density at radius 1 is 1.64 bits per heavy atom. The SMILES string of the molecule is O=C(NO)c1c(Cl)n[nH]c1Cl. The van der Waals surface area contributed by atoms with Crippen molar-refractivity contribution < 1.29 is 10.0 Å². The van der Waals surface area contributed by atoms with Crippen LogP contribution in [0.25, 0.3) is 0 Å². The molecular weight excluding hydrogens is 193 g/mol. The molecule has 1 heterocycles. The van der Waals surface area contributed by atoms with E-state index in [0.29, 0.717) is 0 Å². The molecule has 1 amide bonds. The van der Waals surface area contributed by atoms with Gasteiger partial charge in [0.15, 0.2) is 5.15 Å². The number of carbonyl (C=O) groups is 1. The second-order valence-corrected chi connectivity index (χ2v) is 2.38. The number of nitrogens with one attached hydrogen (secondary N) is 2. The molecule has 0 unspecified atom stereocenters. The summed E-state index contributed by atoms with van der Waals surface area (Å²) in [6.07, 6.45) is 0. The number of carbonyl (C=O) groups excluding carboxylic acids is 1. The minimum atomic E-state index is -0.797. The molecule has 0 saturated carbocycles. The molecule has 0 spiro atoms. The summed E-state index contributed by atoms with van der Waals surface area (Å²) in [5.41, 5.74) is 1.31. The molecular formula is C4H3Cl2N3O2. The molecule has 0 aliphatic heterocycles. The number of halogens is 2. The molecule has 0 radical (unpaired) electrons. The summed E-state index contributed by atoms with van der Waals surface area (Å²) in [4.78, 5) is 10.7. The van der Waals surface area contributed by atoms with Crippen LogP contribution in [0.2, 0.25) is 10.3 Å². The first-order valence-corrected chi connectivity index (χ1v) is 3.26. The van der Waals surface area contributed by atoms with E-state index < -0.39 is 5.91 Å². The molecule has 1 rings (SSSR count). The van der Waals surface area contributed by atoms with E-state index in [1.165, 1.54) is 5.48 Å². The number of amides is 1.